The second-order valence-electron chi connectivity index (χ2n) is 6.63. The summed E-state index contributed by atoms with van der Waals surface area (Å²) in [6, 6.07) is 11.6. The average Bonchev–Trinajstić information content (AvgIpc) is 3.43. The van der Waals surface area contributed by atoms with Gasteiger partial charge in [-0.15, -0.1) is 11.3 Å². The molecule has 0 atom stereocenters. The van der Waals surface area contributed by atoms with Crippen LogP contribution in [0.1, 0.15) is 16.6 Å². The number of hydrogen-bond acceptors (Lipinski definition) is 7. The minimum absolute atomic E-state index is 0.0542. The zero-order chi connectivity index (χ0) is 21.3. The third-order valence-electron chi connectivity index (χ3n) is 4.93. The minimum Gasteiger partial charge on any atom is -0.493 e. The van der Waals surface area contributed by atoms with Gasteiger partial charge in [0, 0.05) is 19.2 Å². The van der Waals surface area contributed by atoms with Crippen molar-refractivity contribution >= 4 is 28.2 Å². The molecule has 2 heterocycles. The summed E-state index contributed by atoms with van der Waals surface area (Å²) in [5.41, 5.74) is 3.06. The van der Waals surface area contributed by atoms with Crippen LogP contribution in [0.15, 0.2) is 47.1 Å². The Morgan fingerprint density at radius 1 is 1.20 bits per heavy atom. The third kappa shape index (κ3) is 3.39. The molecule has 0 spiro atoms. The van der Waals surface area contributed by atoms with E-state index >= 15 is 0 Å². The highest BCUT2D eigenvalue weighted by Crippen LogP contribution is 2.40. The molecular formula is C22H21N3O4S. The highest BCUT2D eigenvalue weighted by Gasteiger charge is 2.20. The molecule has 2 aromatic carbocycles. The van der Waals surface area contributed by atoms with Crippen molar-refractivity contribution in [3.8, 4) is 33.3 Å². The SMILES string of the molecule is CCN(C)C(=O)c1cnc(-c2noc3cc(-c4cccc(OC)c4OC)ccc23)s1. The van der Waals surface area contributed by atoms with E-state index in [4.69, 9.17) is 14.0 Å². The van der Waals surface area contributed by atoms with Gasteiger partial charge in [-0.1, -0.05) is 23.4 Å². The van der Waals surface area contributed by atoms with E-state index in [1.807, 2.05) is 43.3 Å². The lowest BCUT2D eigenvalue weighted by Crippen LogP contribution is -2.25. The Bertz CT molecular complexity index is 1210. The van der Waals surface area contributed by atoms with Gasteiger partial charge < -0.3 is 18.9 Å². The summed E-state index contributed by atoms with van der Waals surface area (Å²) in [7, 11) is 4.99. The molecule has 0 aliphatic carbocycles. The van der Waals surface area contributed by atoms with Gasteiger partial charge in [0.1, 0.15) is 15.6 Å². The molecule has 0 aliphatic rings. The smallest absolute Gasteiger partial charge is 0.265 e. The molecule has 0 aliphatic heterocycles. The molecule has 4 aromatic rings. The second-order valence-corrected chi connectivity index (χ2v) is 7.66. The molecule has 4 rings (SSSR count). The first-order valence-corrected chi connectivity index (χ1v) is 10.2. The number of thiazole rings is 1. The van der Waals surface area contributed by atoms with Gasteiger partial charge in [-0.3, -0.25) is 4.79 Å². The fourth-order valence-electron chi connectivity index (χ4n) is 3.19. The average molecular weight is 423 g/mol. The van der Waals surface area contributed by atoms with E-state index in [2.05, 4.69) is 10.1 Å². The number of hydrogen-bond donors (Lipinski definition) is 0. The summed E-state index contributed by atoms with van der Waals surface area (Å²) in [4.78, 5) is 19.0. The zero-order valence-corrected chi connectivity index (χ0v) is 17.9. The van der Waals surface area contributed by atoms with E-state index in [-0.39, 0.29) is 5.91 Å². The van der Waals surface area contributed by atoms with Crippen LogP contribution in [0, 0.1) is 0 Å². The van der Waals surface area contributed by atoms with Crippen molar-refractivity contribution in [2.75, 3.05) is 27.8 Å². The van der Waals surface area contributed by atoms with Crippen molar-refractivity contribution in [1.82, 2.24) is 15.0 Å². The first-order valence-electron chi connectivity index (χ1n) is 9.39. The lowest BCUT2D eigenvalue weighted by molar-refractivity contribution is 0.0807. The predicted octanol–water partition coefficient (Wildman–Crippen LogP) is 4.73. The van der Waals surface area contributed by atoms with E-state index in [1.165, 1.54) is 11.3 Å². The number of para-hydroxylation sites is 1. The number of ether oxygens (including phenoxy) is 2. The molecule has 30 heavy (non-hydrogen) atoms. The van der Waals surface area contributed by atoms with Gasteiger partial charge in [0.2, 0.25) is 0 Å². The lowest BCUT2D eigenvalue weighted by Gasteiger charge is -2.12. The molecule has 0 saturated heterocycles. The first-order chi connectivity index (χ1) is 14.6. The van der Waals surface area contributed by atoms with E-state index in [0.717, 1.165) is 16.5 Å². The molecule has 2 aromatic heterocycles. The molecule has 0 unspecified atom stereocenters. The van der Waals surface area contributed by atoms with Crippen LogP contribution in [0.2, 0.25) is 0 Å². The van der Waals surface area contributed by atoms with Crippen molar-refractivity contribution in [1.29, 1.82) is 0 Å². The Hall–Kier alpha value is -3.39. The van der Waals surface area contributed by atoms with Crippen LogP contribution in [-0.2, 0) is 0 Å². The number of nitrogens with zero attached hydrogens (tertiary/aromatic N) is 3. The van der Waals surface area contributed by atoms with Crippen LogP contribution < -0.4 is 9.47 Å². The molecule has 0 N–H and O–H groups in total. The van der Waals surface area contributed by atoms with Crippen LogP contribution in [0.4, 0.5) is 0 Å². The van der Waals surface area contributed by atoms with Gasteiger partial charge >= 0.3 is 0 Å². The van der Waals surface area contributed by atoms with Crippen LogP contribution in [0.5, 0.6) is 11.5 Å². The van der Waals surface area contributed by atoms with E-state index in [0.29, 0.717) is 39.2 Å². The Morgan fingerprint density at radius 3 is 2.77 bits per heavy atom. The quantitative estimate of drug-likeness (QED) is 0.446. The molecule has 154 valence electrons. The highest BCUT2D eigenvalue weighted by molar-refractivity contribution is 7.17. The van der Waals surface area contributed by atoms with E-state index in [1.54, 1.807) is 32.4 Å². The van der Waals surface area contributed by atoms with Crippen molar-refractivity contribution in [2.24, 2.45) is 0 Å². The molecule has 0 radical (unpaired) electrons. The Kier molecular flexibility index (Phi) is 5.41. The molecule has 0 fully saturated rings. The standard InChI is InChI=1S/C22H21N3O4S/c1-5-25(2)22(26)18-12-23-21(30-18)19-15-10-9-13(11-17(15)29-24-19)14-7-6-8-16(27-3)20(14)28-4/h6-12H,5H2,1-4H3. The second kappa shape index (κ2) is 8.16. The topological polar surface area (TPSA) is 77.7 Å². The summed E-state index contributed by atoms with van der Waals surface area (Å²) in [5.74, 6) is 1.26. The number of methoxy groups -OCH3 is 2. The van der Waals surface area contributed by atoms with E-state index in [9.17, 15) is 4.79 Å². The van der Waals surface area contributed by atoms with Gasteiger partial charge in [0.05, 0.1) is 25.8 Å². The lowest BCUT2D eigenvalue weighted by atomic mass is 10.0. The normalized spacial score (nSPS) is 10.9. The Labute approximate surface area is 177 Å². The molecule has 8 heteroatoms. The molecule has 1 amide bonds. The summed E-state index contributed by atoms with van der Waals surface area (Å²) >= 11 is 1.31. The monoisotopic (exact) mass is 423 g/mol. The van der Waals surface area contributed by atoms with Crippen LogP contribution >= 0.6 is 11.3 Å². The van der Waals surface area contributed by atoms with Gasteiger partial charge in [0.25, 0.3) is 5.91 Å². The molecule has 7 nitrogen and oxygen atoms in total. The van der Waals surface area contributed by atoms with Crippen molar-refractivity contribution in [3.05, 3.63) is 47.5 Å². The van der Waals surface area contributed by atoms with Crippen LogP contribution in [0.25, 0.3) is 32.8 Å². The van der Waals surface area contributed by atoms with Crippen molar-refractivity contribution in [2.45, 2.75) is 6.92 Å². The number of carbonyl (C=O) groups is 1. The van der Waals surface area contributed by atoms with Gasteiger partial charge in [-0.25, -0.2) is 4.98 Å². The minimum atomic E-state index is -0.0542. The number of carbonyl (C=O) groups excluding carboxylic acids is 1. The fraction of sp³-hybridized carbons (Fsp3) is 0.227. The van der Waals surface area contributed by atoms with Crippen LogP contribution in [-0.4, -0.2) is 48.8 Å². The highest BCUT2D eigenvalue weighted by atomic mass is 32.1. The Balaban J connectivity index is 1.73. The van der Waals surface area contributed by atoms with E-state index < -0.39 is 0 Å². The predicted molar refractivity (Wildman–Crippen MR) is 116 cm³/mol. The van der Waals surface area contributed by atoms with Gasteiger partial charge in [-0.05, 0) is 30.7 Å². The maximum Gasteiger partial charge on any atom is 0.265 e. The van der Waals surface area contributed by atoms with Crippen molar-refractivity contribution in [3.63, 3.8) is 0 Å². The largest absolute Gasteiger partial charge is 0.493 e. The molecule has 0 bridgehead atoms. The molecular weight excluding hydrogens is 402 g/mol. The van der Waals surface area contributed by atoms with Gasteiger partial charge in [-0.2, -0.15) is 0 Å². The fourth-order valence-corrected chi connectivity index (χ4v) is 4.09. The first kappa shape index (κ1) is 19.9. The number of rotatable bonds is 6. The molecule has 0 saturated carbocycles. The van der Waals surface area contributed by atoms with Crippen LogP contribution in [0.3, 0.4) is 0 Å². The summed E-state index contributed by atoms with van der Waals surface area (Å²) in [6.45, 7) is 2.56. The number of fused-ring (bicyclic) bond motifs is 1. The maximum atomic E-state index is 12.4. The van der Waals surface area contributed by atoms with Gasteiger partial charge in [0.15, 0.2) is 17.1 Å². The number of aromatic nitrogens is 2. The summed E-state index contributed by atoms with van der Waals surface area (Å²) in [6.07, 6.45) is 1.59. The van der Waals surface area contributed by atoms with Crippen molar-refractivity contribution < 1.29 is 18.8 Å². The number of benzene rings is 2. The zero-order valence-electron chi connectivity index (χ0n) is 17.1. The summed E-state index contributed by atoms with van der Waals surface area (Å²) in [5, 5.41) is 5.68. The Morgan fingerprint density at radius 2 is 2.03 bits per heavy atom. The third-order valence-corrected chi connectivity index (χ3v) is 5.92. The number of amides is 1. The summed E-state index contributed by atoms with van der Waals surface area (Å²) < 4.78 is 16.5. The maximum absolute atomic E-state index is 12.4.